The number of ether oxygens (including phenoxy) is 1. The second-order valence-corrected chi connectivity index (χ2v) is 8.92. The van der Waals surface area contributed by atoms with Crippen molar-refractivity contribution in [1.82, 2.24) is 10.3 Å². The molecule has 0 saturated heterocycles. The van der Waals surface area contributed by atoms with Crippen molar-refractivity contribution in [2.75, 3.05) is 6.54 Å². The van der Waals surface area contributed by atoms with E-state index >= 15 is 0 Å². The number of furan rings is 1. The van der Waals surface area contributed by atoms with Crippen LogP contribution in [0.15, 0.2) is 59.0 Å². The maximum Gasteiger partial charge on any atom is 0.287 e. The van der Waals surface area contributed by atoms with Crippen LogP contribution in [0.3, 0.4) is 0 Å². The Kier molecular flexibility index (Phi) is 5.71. The fourth-order valence-corrected chi connectivity index (χ4v) is 5.03. The summed E-state index contributed by atoms with van der Waals surface area (Å²) >= 11 is 1.79. The molecule has 0 unspecified atom stereocenters. The molecule has 5 rings (SSSR count). The predicted octanol–water partition coefficient (Wildman–Crippen LogP) is 5.32. The van der Waals surface area contributed by atoms with E-state index in [-0.39, 0.29) is 12.5 Å². The van der Waals surface area contributed by atoms with Crippen LogP contribution in [0.1, 0.15) is 44.7 Å². The Morgan fingerprint density at radius 2 is 1.94 bits per heavy atom. The summed E-state index contributed by atoms with van der Waals surface area (Å²) < 4.78 is 11.5. The maximum absolute atomic E-state index is 12.4. The van der Waals surface area contributed by atoms with Gasteiger partial charge in [0.2, 0.25) is 0 Å². The first kappa shape index (κ1) is 19.8. The third-order valence-corrected chi connectivity index (χ3v) is 6.72. The number of nitrogens with zero attached hydrogens (tertiary/aromatic N) is 1. The van der Waals surface area contributed by atoms with Gasteiger partial charge in [-0.15, -0.1) is 11.3 Å². The highest BCUT2D eigenvalue weighted by Gasteiger charge is 2.16. The van der Waals surface area contributed by atoms with E-state index in [1.165, 1.54) is 28.8 Å². The summed E-state index contributed by atoms with van der Waals surface area (Å²) in [6, 6.07) is 17.6. The van der Waals surface area contributed by atoms with Crippen molar-refractivity contribution in [1.29, 1.82) is 0 Å². The third kappa shape index (κ3) is 4.64. The summed E-state index contributed by atoms with van der Waals surface area (Å²) in [5, 5.41) is 6.33. The lowest BCUT2D eigenvalue weighted by Gasteiger charge is -2.06. The average Bonchev–Trinajstić information content (AvgIpc) is 3.44. The SMILES string of the molecule is O=C(NCCc1nc2c(s1)CCCC2)c1ccc(COc2ccc3ccccc3c2)o1. The van der Waals surface area contributed by atoms with Crippen molar-refractivity contribution in [2.45, 2.75) is 38.7 Å². The molecule has 6 heteroatoms. The zero-order valence-electron chi connectivity index (χ0n) is 17.2. The largest absolute Gasteiger partial charge is 0.486 e. The molecule has 4 aromatic rings. The molecular weight excluding hydrogens is 408 g/mol. The van der Waals surface area contributed by atoms with E-state index in [9.17, 15) is 4.79 Å². The molecule has 5 nitrogen and oxygen atoms in total. The Labute approximate surface area is 185 Å². The first-order valence-electron chi connectivity index (χ1n) is 10.7. The van der Waals surface area contributed by atoms with Crippen molar-refractivity contribution in [3.8, 4) is 5.75 Å². The van der Waals surface area contributed by atoms with Crippen LogP contribution in [-0.2, 0) is 25.9 Å². The molecule has 1 amide bonds. The lowest BCUT2D eigenvalue weighted by Crippen LogP contribution is -2.25. The number of carbonyl (C=O) groups excluding carboxylic acids is 1. The fourth-order valence-electron chi connectivity index (χ4n) is 3.87. The Morgan fingerprint density at radius 1 is 1.06 bits per heavy atom. The van der Waals surface area contributed by atoms with Crippen molar-refractivity contribution in [3.63, 3.8) is 0 Å². The smallest absolute Gasteiger partial charge is 0.287 e. The van der Waals surface area contributed by atoms with Crippen molar-refractivity contribution in [2.24, 2.45) is 0 Å². The number of hydrogen-bond donors (Lipinski definition) is 1. The predicted molar refractivity (Wildman–Crippen MR) is 122 cm³/mol. The number of aryl methyl sites for hydroxylation is 2. The highest BCUT2D eigenvalue weighted by Crippen LogP contribution is 2.27. The van der Waals surface area contributed by atoms with E-state index in [0.717, 1.165) is 35.4 Å². The first-order valence-corrected chi connectivity index (χ1v) is 11.5. The van der Waals surface area contributed by atoms with Crippen LogP contribution in [-0.4, -0.2) is 17.4 Å². The minimum atomic E-state index is -0.210. The maximum atomic E-state index is 12.4. The van der Waals surface area contributed by atoms with Gasteiger partial charge in [0.25, 0.3) is 5.91 Å². The molecule has 0 fully saturated rings. The van der Waals surface area contributed by atoms with Gasteiger partial charge in [0.05, 0.1) is 10.7 Å². The molecule has 1 aliphatic rings. The van der Waals surface area contributed by atoms with Crippen LogP contribution >= 0.6 is 11.3 Å². The lowest BCUT2D eigenvalue weighted by molar-refractivity contribution is 0.0922. The van der Waals surface area contributed by atoms with Gasteiger partial charge >= 0.3 is 0 Å². The molecule has 31 heavy (non-hydrogen) atoms. The standard InChI is InChI=1S/C25H24N2O3S/c28-25(26-14-13-24-27-21-7-3-4-8-23(21)31-24)22-12-11-20(30-22)16-29-19-10-9-17-5-1-2-6-18(17)15-19/h1-2,5-6,9-12,15H,3-4,7-8,13-14,16H2,(H,26,28). The van der Waals surface area contributed by atoms with Crippen LogP contribution in [0.4, 0.5) is 0 Å². The van der Waals surface area contributed by atoms with Gasteiger partial charge in [-0.1, -0.05) is 30.3 Å². The van der Waals surface area contributed by atoms with E-state index < -0.39 is 0 Å². The van der Waals surface area contributed by atoms with Crippen molar-refractivity contribution in [3.05, 3.63) is 81.7 Å². The second-order valence-electron chi connectivity index (χ2n) is 7.75. The highest BCUT2D eigenvalue weighted by molar-refractivity contribution is 7.11. The number of carbonyl (C=O) groups is 1. The number of aromatic nitrogens is 1. The summed E-state index contributed by atoms with van der Waals surface area (Å²) in [4.78, 5) is 18.6. The normalized spacial score (nSPS) is 13.2. The monoisotopic (exact) mass is 432 g/mol. The number of nitrogens with one attached hydrogen (secondary N) is 1. The van der Waals surface area contributed by atoms with Crippen LogP contribution in [0, 0.1) is 0 Å². The number of fused-ring (bicyclic) bond motifs is 2. The van der Waals surface area contributed by atoms with Gasteiger partial charge in [-0.05, 0) is 60.7 Å². The Bertz CT molecular complexity index is 1190. The van der Waals surface area contributed by atoms with Gasteiger partial charge < -0.3 is 14.5 Å². The topological polar surface area (TPSA) is 64.4 Å². The molecular formula is C25H24N2O3S. The van der Waals surface area contributed by atoms with E-state index in [0.29, 0.717) is 18.1 Å². The Balaban J connectivity index is 1.12. The number of rotatable bonds is 7. The van der Waals surface area contributed by atoms with Gasteiger partial charge in [0.15, 0.2) is 5.76 Å². The molecule has 0 saturated carbocycles. The molecule has 0 atom stereocenters. The van der Waals surface area contributed by atoms with Gasteiger partial charge in [-0.2, -0.15) is 0 Å². The summed E-state index contributed by atoms with van der Waals surface area (Å²) in [6.45, 7) is 0.825. The van der Waals surface area contributed by atoms with Crippen LogP contribution < -0.4 is 10.1 Å². The average molecular weight is 433 g/mol. The van der Waals surface area contributed by atoms with E-state index in [4.69, 9.17) is 14.1 Å². The molecule has 0 aliphatic heterocycles. The van der Waals surface area contributed by atoms with Crippen LogP contribution in [0.5, 0.6) is 5.75 Å². The zero-order valence-corrected chi connectivity index (χ0v) is 18.0. The minimum Gasteiger partial charge on any atom is -0.486 e. The lowest BCUT2D eigenvalue weighted by atomic mass is 10.0. The molecule has 2 heterocycles. The molecule has 2 aromatic heterocycles. The zero-order chi connectivity index (χ0) is 21.0. The number of hydrogen-bond acceptors (Lipinski definition) is 5. The number of thiazole rings is 1. The van der Waals surface area contributed by atoms with Crippen molar-refractivity contribution < 1.29 is 13.9 Å². The van der Waals surface area contributed by atoms with Crippen LogP contribution in [0.25, 0.3) is 10.8 Å². The molecule has 158 valence electrons. The molecule has 0 spiro atoms. The van der Waals surface area contributed by atoms with Gasteiger partial charge in [-0.3, -0.25) is 4.79 Å². The Morgan fingerprint density at radius 3 is 2.84 bits per heavy atom. The summed E-state index contributed by atoms with van der Waals surface area (Å²) in [5.41, 5.74) is 1.26. The molecule has 0 radical (unpaired) electrons. The van der Waals surface area contributed by atoms with Crippen molar-refractivity contribution >= 4 is 28.0 Å². The molecule has 1 aliphatic carbocycles. The molecule has 0 bridgehead atoms. The third-order valence-electron chi connectivity index (χ3n) is 5.50. The van der Waals surface area contributed by atoms with Gasteiger partial charge in [0, 0.05) is 17.8 Å². The summed E-state index contributed by atoms with van der Waals surface area (Å²) in [5.74, 6) is 1.48. The summed E-state index contributed by atoms with van der Waals surface area (Å²) in [7, 11) is 0. The van der Waals surface area contributed by atoms with Crippen LogP contribution in [0.2, 0.25) is 0 Å². The minimum absolute atomic E-state index is 0.210. The number of benzene rings is 2. The quantitative estimate of drug-likeness (QED) is 0.429. The van der Waals surface area contributed by atoms with E-state index in [1.807, 2.05) is 30.3 Å². The van der Waals surface area contributed by atoms with E-state index in [1.54, 1.807) is 23.5 Å². The van der Waals surface area contributed by atoms with E-state index in [2.05, 4.69) is 17.4 Å². The highest BCUT2D eigenvalue weighted by atomic mass is 32.1. The fraction of sp³-hybridized carbons (Fsp3) is 0.280. The molecule has 2 aromatic carbocycles. The summed E-state index contributed by atoms with van der Waals surface area (Å²) in [6.07, 6.45) is 5.49. The molecule has 1 N–H and O–H groups in total. The Hall–Kier alpha value is -3.12. The van der Waals surface area contributed by atoms with Gasteiger partial charge in [-0.25, -0.2) is 4.98 Å². The number of amides is 1. The van der Waals surface area contributed by atoms with Gasteiger partial charge in [0.1, 0.15) is 18.1 Å². The second kappa shape index (κ2) is 8.94. The first-order chi connectivity index (χ1) is 15.2.